The van der Waals surface area contributed by atoms with Gasteiger partial charge in [-0.1, -0.05) is 88.0 Å². The Morgan fingerprint density at radius 3 is 2.27 bits per heavy atom. The zero-order valence-electron chi connectivity index (χ0n) is 25.4. The summed E-state index contributed by atoms with van der Waals surface area (Å²) in [5, 5.41) is 51.9. The van der Waals surface area contributed by atoms with Crippen molar-refractivity contribution in [3.63, 3.8) is 0 Å². The minimum absolute atomic E-state index is 0.0522. The number of aliphatic hydroxyl groups excluding tert-OH is 4. The van der Waals surface area contributed by atoms with E-state index in [1.807, 2.05) is 71.1 Å². The van der Waals surface area contributed by atoms with Gasteiger partial charge in [-0.3, -0.25) is 4.79 Å². The fourth-order valence-electron chi connectivity index (χ4n) is 4.71. The SMILES string of the molecule is COC(/C=C/C(C)C)C(O)C(O)C(O)/C=C/CC1=CC(O)C(C(C)/C=C/C=C(C)/C=C/CC(C)(C)O)C(C)C1=O. The maximum Gasteiger partial charge on any atom is 0.162 e. The maximum atomic E-state index is 13.1. The van der Waals surface area contributed by atoms with Gasteiger partial charge in [-0.2, -0.15) is 0 Å². The molecule has 0 amide bonds. The van der Waals surface area contributed by atoms with Gasteiger partial charge in [0.15, 0.2) is 5.78 Å². The third-order valence-electron chi connectivity index (χ3n) is 7.12. The van der Waals surface area contributed by atoms with Crippen LogP contribution in [0.25, 0.3) is 0 Å². The Morgan fingerprint density at radius 1 is 1.05 bits per heavy atom. The molecule has 8 atom stereocenters. The van der Waals surface area contributed by atoms with Gasteiger partial charge in [-0.15, -0.1) is 0 Å². The van der Waals surface area contributed by atoms with Crippen molar-refractivity contribution in [1.29, 1.82) is 0 Å². The van der Waals surface area contributed by atoms with Crippen molar-refractivity contribution in [1.82, 2.24) is 0 Å². The van der Waals surface area contributed by atoms with Crippen LogP contribution in [0.5, 0.6) is 0 Å². The zero-order chi connectivity index (χ0) is 30.6. The molecular formula is C33H52O7. The number of hydrogen-bond acceptors (Lipinski definition) is 7. The van der Waals surface area contributed by atoms with Gasteiger partial charge in [0.1, 0.15) is 24.4 Å². The van der Waals surface area contributed by atoms with Gasteiger partial charge in [-0.05, 0) is 57.1 Å². The van der Waals surface area contributed by atoms with Gasteiger partial charge in [-0.25, -0.2) is 0 Å². The number of carbonyl (C=O) groups is 1. The van der Waals surface area contributed by atoms with Crippen LogP contribution in [0.1, 0.15) is 61.3 Å². The molecule has 0 saturated heterocycles. The molecule has 0 saturated carbocycles. The predicted molar refractivity (Wildman–Crippen MR) is 160 cm³/mol. The van der Waals surface area contributed by atoms with Gasteiger partial charge in [0.2, 0.25) is 0 Å². The Morgan fingerprint density at radius 2 is 1.70 bits per heavy atom. The predicted octanol–water partition coefficient (Wildman–Crippen LogP) is 4.22. The average Bonchev–Trinajstić information content (AvgIpc) is 2.85. The number of carbonyl (C=O) groups excluding carboxylic acids is 1. The molecule has 1 aliphatic carbocycles. The molecule has 7 heteroatoms. The van der Waals surface area contributed by atoms with Crippen LogP contribution in [0.3, 0.4) is 0 Å². The summed E-state index contributed by atoms with van der Waals surface area (Å²) in [6.45, 7) is 13.2. The van der Waals surface area contributed by atoms with E-state index < -0.39 is 42.0 Å². The van der Waals surface area contributed by atoms with Crippen LogP contribution in [0, 0.1) is 23.7 Å². The number of Topliss-reactive ketones (excluding diaryl/α,β-unsaturated/α-hetero) is 1. The number of hydrogen-bond donors (Lipinski definition) is 5. The number of aliphatic hydroxyl groups is 5. The van der Waals surface area contributed by atoms with E-state index in [0.717, 1.165) is 5.57 Å². The van der Waals surface area contributed by atoms with Gasteiger partial charge in [0.05, 0.1) is 11.7 Å². The van der Waals surface area contributed by atoms with Crippen LogP contribution in [0.4, 0.5) is 0 Å². The van der Waals surface area contributed by atoms with E-state index in [4.69, 9.17) is 4.74 Å². The minimum Gasteiger partial charge on any atom is -0.390 e. The Hall–Kier alpha value is -2.13. The topological polar surface area (TPSA) is 127 Å². The maximum absolute atomic E-state index is 13.1. The summed E-state index contributed by atoms with van der Waals surface area (Å²) in [5.74, 6) is -0.544. The number of ketones is 1. The van der Waals surface area contributed by atoms with Crippen LogP contribution in [-0.2, 0) is 9.53 Å². The molecule has 0 aliphatic heterocycles. The van der Waals surface area contributed by atoms with Crippen LogP contribution in [0.2, 0.25) is 0 Å². The van der Waals surface area contributed by atoms with Gasteiger partial charge < -0.3 is 30.3 Å². The normalized spacial score (nSPS) is 25.4. The molecule has 0 aromatic carbocycles. The summed E-state index contributed by atoms with van der Waals surface area (Å²) in [4.78, 5) is 13.1. The standard InChI is InChI=1S/C33H52O7/c1-21(2)17-18-28(40-8)32(38)31(37)26(34)16-10-15-25-20-27(35)29(24(5)30(25)36)23(4)14-9-12-22(3)13-11-19-33(6,7)39/h9-14,16-18,20-21,23-24,26-29,31-32,34-35,37-39H,15,19H2,1-8H3/b13-11+,14-9+,16-10+,18-17+,22-12+. The zero-order valence-corrected chi connectivity index (χ0v) is 25.4. The monoisotopic (exact) mass is 560 g/mol. The third-order valence-corrected chi connectivity index (χ3v) is 7.12. The molecule has 0 bridgehead atoms. The molecule has 0 aromatic heterocycles. The first-order chi connectivity index (χ1) is 18.6. The van der Waals surface area contributed by atoms with Crippen LogP contribution >= 0.6 is 0 Å². The van der Waals surface area contributed by atoms with Crippen molar-refractivity contribution in [2.75, 3.05) is 7.11 Å². The number of rotatable bonds is 15. The summed E-state index contributed by atoms with van der Waals surface area (Å²) in [6.07, 6.45) is 12.7. The molecule has 0 fully saturated rings. The highest BCUT2D eigenvalue weighted by molar-refractivity contribution is 5.98. The smallest absolute Gasteiger partial charge is 0.162 e. The number of methoxy groups -OCH3 is 1. The van der Waals surface area contributed by atoms with Crippen molar-refractivity contribution in [2.45, 2.75) is 97.4 Å². The van der Waals surface area contributed by atoms with Crippen LogP contribution in [0.15, 0.2) is 71.9 Å². The molecule has 0 spiro atoms. The molecule has 226 valence electrons. The summed E-state index contributed by atoms with van der Waals surface area (Å²) < 4.78 is 5.23. The lowest BCUT2D eigenvalue weighted by atomic mass is 9.71. The van der Waals surface area contributed by atoms with E-state index in [0.29, 0.717) is 12.0 Å². The molecule has 0 aromatic rings. The van der Waals surface area contributed by atoms with Crippen molar-refractivity contribution in [3.05, 3.63) is 71.9 Å². The third kappa shape index (κ3) is 12.2. The highest BCUT2D eigenvalue weighted by atomic mass is 16.5. The van der Waals surface area contributed by atoms with Crippen LogP contribution in [-0.4, -0.2) is 74.5 Å². The molecule has 0 radical (unpaired) electrons. The molecule has 7 nitrogen and oxygen atoms in total. The number of allylic oxidation sites excluding steroid dienone is 8. The molecule has 1 rings (SSSR count). The highest BCUT2D eigenvalue weighted by Crippen LogP contribution is 2.34. The summed E-state index contributed by atoms with van der Waals surface area (Å²) in [5.41, 5.74) is 0.734. The second-order valence-corrected chi connectivity index (χ2v) is 11.9. The molecule has 1 aliphatic rings. The van der Waals surface area contributed by atoms with Crippen molar-refractivity contribution in [2.24, 2.45) is 23.7 Å². The van der Waals surface area contributed by atoms with E-state index in [-0.39, 0.29) is 30.0 Å². The molecular weight excluding hydrogens is 508 g/mol. The summed E-state index contributed by atoms with van der Waals surface area (Å²) in [6, 6.07) is 0. The lowest BCUT2D eigenvalue weighted by Gasteiger charge is -2.34. The van der Waals surface area contributed by atoms with Crippen molar-refractivity contribution >= 4 is 5.78 Å². The average molecular weight is 561 g/mol. The Kier molecular flexibility index (Phi) is 15.2. The first kappa shape index (κ1) is 35.9. The Balaban J connectivity index is 2.82. The van der Waals surface area contributed by atoms with E-state index in [2.05, 4.69) is 0 Å². The first-order valence-corrected chi connectivity index (χ1v) is 14.2. The fourth-order valence-corrected chi connectivity index (χ4v) is 4.71. The van der Waals surface area contributed by atoms with E-state index >= 15 is 0 Å². The van der Waals surface area contributed by atoms with E-state index in [1.54, 1.807) is 32.1 Å². The fraction of sp³-hybridized carbons (Fsp3) is 0.606. The highest BCUT2D eigenvalue weighted by Gasteiger charge is 2.37. The quantitative estimate of drug-likeness (QED) is 0.150. The van der Waals surface area contributed by atoms with Gasteiger partial charge in [0, 0.05) is 18.9 Å². The Bertz CT molecular complexity index is 964. The van der Waals surface area contributed by atoms with Gasteiger partial charge >= 0.3 is 0 Å². The number of ether oxygens (including phenoxy) is 1. The Labute approximate surface area is 241 Å². The summed E-state index contributed by atoms with van der Waals surface area (Å²) in [7, 11) is 1.42. The van der Waals surface area contributed by atoms with E-state index in [1.165, 1.54) is 13.2 Å². The van der Waals surface area contributed by atoms with Crippen LogP contribution < -0.4 is 0 Å². The molecule has 40 heavy (non-hydrogen) atoms. The second-order valence-electron chi connectivity index (χ2n) is 11.9. The minimum atomic E-state index is -1.48. The largest absolute Gasteiger partial charge is 0.390 e. The summed E-state index contributed by atoms with van der Waals surface area (Å²) >= 11 is 0. The lowest BCUT2D eigenvalue weighted by Crippen LogP contribution is -2.43. The van der Waals surface area contributed by atoms with Crippen molar-refractivity contribution < 1.29 is 35.1 Å². The van der Waals surface area contributed by atoms with E-state index in [9.17, 15) is 30.3 Å². The molecule has 0 heterocycles. The second kappa shape index (κ2) is 17.0. The molecule has 8 unspecified atom stereocenters. The van der Waals surface area contributed by atoms with Gasteiger partial charge in [0.25, 0.3) is 0 Å². The molecule has 5 N–H and O–H groups in total. The first-order valence-electron chi connectivity index (χ1n) is 14.2. The lowest BCUT2D eigenvalue weighted by molar-refractivity contribution is -0.123. The van der Waals surface area contributed by atoms with Crippen molar-refractivity contribution in [3.8, 4) is 0 Å².